The molecule has 2 unspecified atom stereocenters. The fourth-order valence-electron chi connectivity index (χ4n) is 2.70. The van der Waals surface area contributed by atoms with Gasteiger partial charge in [-0.2, -0.15) is 0 Å². The summed E-state index contributed by atoms with van der Waals surface area (Å²) in [6.45, 7) is 5.28. The summed E-state index contributed by atoms with van der Waals surface area (Å²) in [7, 11) is 0. The molecule has 0 spiro atoms. The van der Waals surface area contributed by atoms with Crippen molar-refractivity contribution in [1.82, 2.24) is 0 Å². The predicted octanol–water partition coefficient (Wildman–Crippen LogP) is 2.99. The van der Waals surface area contributed by atoms with E-state index in [1.807, 2.05) is 37.3 Å². The van der Waals surface area contributed by atoms with Crippen LogP contribution in [0.15, 0.2) is 35.4 Å². The first kappa shape index (κ1) is 17.3. The van der Waals surface area contributed by atoms with Gasteiger partial charge < -0.3 is 14.2 Å². The van der Waals surface area contributed by atoms with Gasteiger partial charge in [-0.1, -0.05) is 42.4 Å². The van der Waals surface area contributed by atoms with Gasteiger partial charge in [-0.05, 0) is 18.0 Å². The van der Waals surface area contributed by atoms with Crippen LogP contribution >= 0.6 is 0 Å². The summed E-state index contributed by atoms with van der Waals surface area (Å²) in [6.07, 6.45) is -1.82. The fraction of sp³-hybridized carbons (Fsp3) is 0.562. The molecular formula is C16H21N3O4. The zero-order valence-corrected chi connectivity index (χ0v) is 13.5. The Morgan fingerprint density at radius 3 is 2.70 bits per heavy atom. The Kier molecular flexibility index (Phi) is 5.98. The van der Waals surface area contributed by atoms with Crippen molar-refractivity contribution in [3.63, 3.8) is 0 Å². The van der Waals surface area contributed by atoms with Crippen LogP contribution in [-0.2, 0) is 25.6 Å². The summed E-state index contributed by atoms with van der Waals surface area (Å²) >= 11 is 0. The molecule has 5 atom stereocenters. The quantitative estimate of drug-likeness (QED) is 0.348. The second kappa shape index (κ2) is 7.97. The predicted molar refractivity (Wildman–Crippen MR) is 83.5 cm³/mol. The molecule has 0 radical (unpaired) electrons. The van der Waals surface area contributed by atoms with Crippen LogP contribution in [0.4, 0.5) is 0 Å². The molecule has 1 aliphatic rings. The number of benzene rings is 1. The van der Waals surface area contributed by atoms with E-state index in [-0.39, 0.29) is 6.10 Å². The molecule has 1 heterocycles. The smallest absolute Gasteiger partial charge is 0.303 e. The van der Waals surface area contributed by atoms with E-state index in [0.717, 1.165) is 5.56 Å². The summed E-state index contributed by atoms with van der Waals surface area (Å²) in [5, 5.41) is 3.69. The Morgan fingerprint density at radius 1 is 1.39 bits per heavy atom. The molecule has 0 aromatic heterocycles. The molecule has 0 aliphatic carbocycles. The normalized spacial score (nSPS) is 28.0. The summed E-state index contributed by atoms with van der Waals surface area (Å²) in [5.41, 5.74) is 9.65. The minimum atomic E-state index is -0.530. The maximum Gasteiger partial charge on any atom is 0.303 e. The van der Waals surface area contributed by atoms with E-state index in [0.29, 0.717) is 6.61 Å². The molecule has 0 amide bonds. The van der Waals surface area contributed by atoms with E-state index in [1.165, 1.54) is 6.92 Å². The molecule has 0 N–H and O–H groups in total. The van der Waals surface area contributed by atoms with E-state index in [9.17, 15) is 4.79 Å². The third-order valence-electron chi connectivity index (χ3n) is 3.78. The lowest BCUT2D eigenvalue weighted by molar-refractivity contribution is -0.155. The number of hydrogen-bond acceptors (Lipinski definition) is 5. The third kappa shape index (κ3) is 4.45. The van der Waals surface area contributed by atoms with Gasteiger partial charge in [0.2, 0.25) is 0 Å². The van der Waals surface area contributed by atoms with Crippen molar-refractivity contribution in [2.24, 2.45) is 5.11 Å². The van der Waals surface area contributed by atoms with E-state index in [4.69, 9.17) is 19.7 Å². The molecule has 1 aromatic carbocycles. The highest BCUT2D eigenvalue weighted by Crippen LogP contribution is 2.30. The highest BCUT2D eigenvalue weighted by Gasteiger charge is 2.47. The minimum Gasteiger partial charge on any atom is -0.457 e. The molecule has 1 saturated heterocycles. The van der Waals surface area contributed by atoms with Gasteiger partial charge in [-0.15, -0.1) is 0 Å². The Hall–Kier alpha value is -2.08. The van der Waals surface area contributed by atoms with Crippen LogP contribution in [0, 0.1) is 0 Å². The number of nitrogens with zero attached hydrogens (tertiary/aromatic N) is 3. The molecule has 1 fully saturated rings. The lowest BCUT2D eigenvalue weighted by Gasteiger charge is -2.25. The third-order valence-corrected chi connectivity index (χ3v) is 3.78. The fourth-order valence-corrected chi connectivity index (χ4v) is 2.70. The van der Waals surface area contributed by atoms with Gasteiger partial charge in [0.05, 0.1) is 24.9 Å². The first-order valence-electron chi connectivity index (χ1n) is 7.55. The highest BCUT2D eigenvalue weighted by atomic mass is 16.6. The van der Waals surface area contributed by atoms with Crippen molar-refractivity contribution in [1.29, 1.82) is 0 Å². The van der Waals surface area contributed by atoms with Crippen LogP contribution < -0.4 is 0 Å². The van der Waals surface area contributed by atoms with Crippen molar-refractivity contribution in [2.45, 2.75) is 57.8 Å². The van der Waals surface area contributed by atoms with E-state index < -0.39 is 30.3 Å². The van der Waals surface area contributed by atoms with Crippen LogP contribution in [-0.4, -0.2) is 36.4 Å². The Balaban J connectivity index is 2.14. The summed E-state index contributed by atoms with van der Waals surface area (Å²) in [5.74, 6) is -0.393. The first-order valence-corrected chi connectivity index (χ1v) is 7.55. The topological polar surface area (TPSA) is 93.5 Å². The number of carbonyl (C=O) groups excluding carboxylic acids is 1. The van der Waals surface area contributed by atoms with Crippen LogP contribution in [0.1, 0.15) is 26.3 Å². The number of hydrogen-bond donors (Lipinski definition) is 0. The van der Waals surface area contributed by atoms with Crippen LogP contribution in [0.5, 0.6) is 0 Å². The van der Waals surface area contributed by atoms with Crippen molar-refractivity contribution in [2.75, 3.05) is 0 Å². The maximum atomic E-state index is 11.4. The van der Waals surface area contributed by atoms with E-state index in [2.05, 4.69) is 10.0 Å². The monoisotopic (exact) mass is 319 g/mol. The van der Waals surface area contributed by atoms with Gasteiger partial charge in [0.15, 0.2) is 6.10 Å². The number of azide groups is 1. The minimum absolute atomic E-state index is 0.332. The van der Waals surface area contributed by atoms with Crippen molar-refractivity contribution >= 4 is 5.97 Å². The molecule has 124 valence electrons. The summed E-state index contributed by atoms with van der Waals surface area (Å²) in [4.78, 5) is 14.2. The van der Waals surface area contributed by atoms with Crippen molar-refractivity contribution in [3.05, 3.63) is 46.3 Å². The lowest BCUT2D eigenvalue weighted by Crippen LogP contribution is -2.41. The molecule has 0 saturated carbocycles. The van der Waals surface area contributed by atoms with E-state index >= 15 is 0 Å². The zero-order chi connectivity index (χ0) is 16.8. The molecule has 1 aromatic rings. The van der Waals surface area contributed by atoms with Crippen molar-refractivity contribution in [3.8, 4) is 0 Å². The molecule has 7 heteroatoms. The van der Waals surface area contributed by atoms with Gasteiger partial charge >= 0.3 is 5.97 Å². The van der Waals surface area contributed by atoms with Gasteiger partial charge in [-0.25, -0.2) is 0 Å². The summed E-state index contributed by atoms with van der Waals surface area (Å²) < 4.78 is 17.1. The molecule has 23 heavy (non-hydrogen) atoms. The Bertz CT molecular complexity index is 574. The number of esters is 1. The number of ether oxygens (including phenoxy) is 3. The zero-order valence-electron chi connectivity index (χ0n) is 13.5. The summed E-state index contributed by atoms with van der Waals surface area (Å²) in [6, 6.07) is 9.26. The Morgan fingerprint density at radius 2 is 2.09 bits per heavy atom. The second-order valence-corrected chi connectivity index (χ2v) is 5.59. The molecule has 7 nitrogen and oxygen atoms in total. The lowest BCUT2D eigenvalue weighted by atomic mass is 10.0. The maximum absolute atomic E-state index is 11.4. The van der Waals surface area contributed by atoms with Crippen LogP contribution in [0.2, 0.25) is 0 Å². The number of carbonyl (C=O) groups is 1. The Labute approximate surface area is 135 Å². The molecular weight excluding hydrogens is 298 g/mol. The molecule has 2 rings (SSSR count). The van der Waals surface area contributed by atoms with E-state index in [1.54, 1.807) is 6.92 Å². The highest BCUT2D eigenvalue weighted by molar-refractivity contribution is 5.66. The van der Waals surface area contributed by atoms with Gasteiger partial charge in [0, 0.05) is 11.8 Å². The van der Waals surface area contributed by atoms with Crippen molar-refractivity contribution < 1.29 is 19.0 Å². The largest absolute Gasteiger partial charge is 0.457 e. The average molecular weight is 319 g/mol. The van der Waals surface area contributed by atoms with Gasteiger partial charge in [-0.3, -0.25) is 4.79 Å². The number of rotatable bonds is 6. The van der Waals surface area contributed by atoms with Gasteiger partial charge in [0.25, 0.3) is 0 Å². The first-order chi connectivity index (χ1) is 11.0. The molecule has 0 bridgehead atoms. The molecule has 1 aliphatic heterocycles. The average Bonchev–Trinajstić information content (AvgIpc) is 2.82. The second-order valence-electron chi connectivity index (χ2n) is 5.59. The van der Waals surface area contributed by atoms with Crippen LogP contribution in [0.3, 0.4) is 0 Å². The van der Waals surface area contributed by atoms with Gasteiger partial charge in [0.1, 0.15) is 6.10 Å². The standard InChI is InChI=1S/C16H21N3O4/c1-10(18-19-17)14-16(15(11(2)22-14)23-12(3)20)21-9-13-7-5-4-6-8-13/h4-8,10-11,14-16H,9H2,1-3H3/t10?,11-,14+,15?,16-/m0/s1. The SMILES string of the molecule is CC(=O)OC1[C@H](C)O[C@H](C(C)N=[N+]=[N-])[C@@H]1OCc1ccccc1. The van der Waals surface area contributed by atoms with Crippen LogP contribution in [0.25, 0.3) is 10.4 Å².